The summed E-state index contributed by atoms with van der Waals surface area (Å²) >= 11 is 0. The number of nitriles is 2. The number of Topliss-reactive ketones (excluding diaryl/α,β-unsaturated/α-hetero) is 1. The molecule has 0 radical (unpaired) electrons. The van der Waals surface area contributed by atoms with Gasteiger partial charge in [0, 0.05) is 17.1 Å². The number of carbonyl (C=O) groups is 2. The van der Waals surface area contributed by atoms with Crippen molar-refractivity contribution in [3.05, 3.63) is 23.3 Å². The second kappa shape index (κ2) is 8.87. The number of hydrogen-bond acceptors (Lipinski definition) is 6. The highest BCUT2D eigenvalue weighted by molar-refractivity contribution is 7.94. The first-order valence-electron chi connectivity index (χ1n) is 15.0. The summed E-state index contributed by atoms with van der Waals surface area (Å²) < 4.78 is 17.7. The van der Waals surface area contributed by atoms with Gasteiger partial charge in [-0.3, -0.25) is 9.59 Å². The Kier molecular flexibility index (Phi) is 6.49. The van der Waals surface area contributed by atoms with Crippen molar-refractivity contribution in [1.29, 1.82) is 10.5 Å². The average molecular weight is 564 g/mol. The monoisotopic (exact) mass is 563 g/mol. The first kappa shape index (κ1) is 29.2. The van der Waals surface area contributed by atoms with Crippen LogP contribution in [-0.2, 0) is 19.3 Å². The van der Waals surface area contributed by atoms with Crippen molar-refractivity contribution in [2.75, 3.05) is 6.26 Å². The first-order chi connectivity index (χ1) is 18.5. The molecule has 0 aliphatic heterocycles. The molecule has 5 aliphatic rings. The Bertz CT molecular complexity index is 1450. The molecule has 40 heavy (non-hydrogen) atoms. The minimum absolute atomic E-state index is 0.0113. The molecule has 0 bridgehead atoms. The first-order valence-corrected chi connectivity index (χ1v) is 16.9. The van der Waals surface area contributed by atoms with Gasteiger partial charge in [-0.05, 0) is 105 Å². The van der Waals surface area contributed by atoms with Gasteiger partial charge in [-0.2, -0.15) is 10.5 Å². The fourth-order valence-electron chi connectivity index (χ4n) is 10.2. The van der Waals surface area contributed by atoms with Crippen molar-refractivity contribution < 1.29 is 13.8 Å². The summed E-state index contributed by atoms with van der Waals surface area (Å²) in [6.07, 6.45) is 16.9. The smallest absolute Gasteiger partial charge is 0.214 e. The zero-order valence-corrected chi connectivity index (χ0v) is 26.2. The van der Waals surface area contributed by atoms with E-state index in [2.05, 4.69) is 31.2 Å². The Morgan fingerprint density at radius 3 is 2.23 bits per heavy atom. The lowest BCUT2D eigenvalue weighted by molar-refractivity contribution is -0.132. The van der Waals surface area contributed by atoms with Gasteiger partial charge < -0.3 is 0 Å². The quantitative estimate of drug-likeness (QED) is 0.269. The minimum Gasteiger partial charge on any atom is -0.295 e. The standard InChI is InChI=1S/C33H45N3O3S/c1-22(37)16-26-30(5)17-23(20-34)27(38)28(2,3)25(30)8-9-31(26,6)29(4)10-14-33(40(7,39)36-21-35)15-13-32(11-12-32)19-24(33)18-29/h16-17,24-25H,8-15,18-19H2,1-7H3/b26-16-/t24-,25+,29-,30+,31-,33-,40?/m1/s1. The van der Waals surface area contributed by atoms with Gasteiger partial charge >= 0.3 is 0 Å². The van der Waals surface area contributed by atoms with Gasteiger partial charge in [0.2, 0.25) is 6.19 Å². The number of rotatable bonds is 3. The predicted molar refractivity (Wildman–Crippen MR) is 156 cm³/mol. The summed E-state index contributed by atoms with van der Waals surface area (Å²) in [7, 11) is -2.71. The molecule has 0 aromatic rings. The molecule has 4 saturated carbocycles. The van der Waals surface area contributed by atoms with Gasteiger partial charge in [0.25, 0.3) is 0 Å². The van der Waals surface area contributed by atoms with E-state index in [0.29, 0.717) is 5.41 Å². The number of fused-ring (bicyclic) bond motifs is 2. The summed E-state index contributed by atoms with van der Waals surface area (Å²) in [6, 6.07) is 2.18. The van der Waals surface area contributed by atoms with E-state index in [-0.39, 0.29) is 39.8 Å². The largest absolute Gasteiger partial charge is 0.295 e. The third-order valence-corrected chi connectivity index (χ3v) is 15.7. The van der Waals surface area contributed by atoms with Gasteiger partial charge in [-0.25, -0.2) is 4.21 Å². The van der Waals surface area contributed by atoms with Crippen LogP contribution in [-0.4, -0.2) is 26.8 Å². The van der Waals surface area contributed by atoms with E-state index in [0.717, 1.165) is 56.9 Å². The maximum absolute atomic E-state index is 14.1. The highest BCUT2D eigenvalue weighted by atomic mass is 32.2. The molecule has 5 rings (SSSR count). The maximum atomic E-state index is 14.1. The third kappa shape index (κ3) is 3.86. The molecular formula is C33H45N3O3S. The Morgan fingerprint density at radius 2 is 1.65 bits per heavy atom. The van der Waals surface area contributed by atoms with Crippen LogP contribution in [0.2, 0.25) is 0 Å². The van der Waals surface area contributed by atoms with Gasteiger partial charge in [0.15, 0.2) is 11.6 Å². The van der Waals surface area contributed by atoms with Crippen LogP contribution >= 0.6 is 0 Å². The van der Waals surface area contributed by atoms with Crippen molar-refractivity contribution in [1.82, 2.24) is 0 Å². The van der Waals surface area contributed by atoms with Gasteiger partial charge in [-0.1, -0.05) is 46.3 Å². The van der Waals surface area contributed by atoms with Crippen LogP contribution < -0.4 is 0 Å². The van der Waals surface area contributed by atoms with E-state index in [4.69, 9.17) is 0 Å². The summed E-state index contributed by atoms with van der Waals surface area (Å²) in [6.45, 7) is 12.3. The number of hydrogen-bond donors (Lipinski definition) is 0. The zero-order chi connectivity index (χ0) is 29.6. The lowest BCUT2D eigenvalue weighted by atomic mass is 9.40. The van der Waals surface area contributed by atoms with Crippen LogP contribution in [0, 0.1) is 61.7 Å². The van der Waals surface area contributed by atoms with E-state index in [1.807, 2.05) is 32.2 Å². The molecule has 1 unspecified atom stereocenters. The highest BCUT2D eigenvalue weighted by Gasteiger charge is 2.66. The lowest BCUT2D eigenvalue weighted by Gasteiger charge is -2.65. The molecule has 1 spiro atoms. The summed E-state index contributed by atoms with van der Waals surface area (Å²) in [5.74, 6) is 0.0701. The summed E-state index contributed by atoms with van der Waals surface area (Å²) in [5.41, 5.74) is -0.239. The van der Waals surface area contributed by atoms with E-state index in [9.17, 15) is 24.3 Å². The predicted octanol–water partition coefficient (Wildman–Crippen LogP) is 7.07. The molecule has 4 fully saturated rings. The van der Waals surface area contributed by atoms with Crippen molar-refractivity contribution in [2.45, 2.75) is 110 Å². The second-order valence-electron chi connectivity index (χ2n) is 15.3. The molecule has 0 heterocycles. The molecule has 5 aliphatic carbocycles. The highest BCUT2D eigenvalue weighted by Crippen LogP contribution is 2.72. The zero-order valence-electron chi connectivity index (χ0n) is 25.4. The van der Waals surface area contributed by atoms with Crippen LogP contribution in [0.5, 0.6) is 0 Å². The van der Waals surface area contributed by atoms with Crippen LogP contribution in [0.25, 0.3) is 0 Å². The molecule has 0 aromatic carbocycles. The van der Waals surface area contributed by atoms with Crippen molar-refractivity contribution >= 4 is 21.3 Å². The molecule has 7 atom stereocenters. The molecule has 0 amide bonds. The van der Waals surface area contributed by atoms with Gasteiger partial charge in [0.1, 0.15) is 6.07 Å². The number of nitrogens with zero attached hydrogens (tertiary/aromatic N) is 3. The Balaban J connectivity index is 1.64. The molecule has 0 N–H and O–H groups in total. The van der Waals surface area contributed by atoms with E-state index < -0.39 is 25.3 Å². The fraction of sp³-hybridized carbons (Fsp3) is 0.758. The minimum atomic E-state index is -2.71. The molecular weight excluding hydrogens is 518 g/mol. The number of allylic oxidation sites excluding steroid dienone is 4. The van der Waals surface area contributed by atoms with E-state index in [1.165, 1.54) is 12.8 Å². The van der Waals surface area contributed by atoms with Crippen molar-refractivity contribution in [3.8, 4) is 12.3 Å². The van der Waals surface area contributed by atoms with E-state index >= 15 is 0 Å². The number of carbonyl (C=O) groups excluding carboxylic acids is 2. The van der Waals surface area contributed by atoms with Crippen molar-refractivity contribution in [3.63, 3.8) is 0 Å². The fourth-order valence-corrected chi connectivity index (χ4v) is 12.3. The molecule has 7 heteroatoms. The van der Waals surface area contributed by atoms with Crippen LogP contribution in [0.3, 0.4) is 0 Å². The topological polar surface area (TPSA) is 111 Å². The maximum Gasteiger partial charge on any atom is 0.214 e. The summed E-state index contributed by atoms with van der Waals surface area (Å²) in [5, 5.41) is 19.4. The Morgan fingerprint density at radius 1 is 1.02 bits per heavy atom. The van der Waals surface area contributed by atoms with Gasteiger partial charge in [-0.15, -0.1) is 4.36 Å². The third-order valence-electron chi connectivity index (χ3n) is 13.0. The SMILES string of the molecule is CC(=O)/C=C1/[C@@]2(C)C=C(C#N)C(=O)C(C)(C)[C@@H]2CC[C@@]1(C)[C@]1(C)CC[C@@]2(S(C)(=O)=NC#N)CCC3(CC3)C[C@H]2C1. The lowest BCUT2D eigenvalue weighted by Crippen LogP contribution is -2.60. The normalized spacial score (nSPS) is 43.8. The molecule has 0 saturated heterocycles. The average Bonchev–Trinajstić information content (AvgIpc) is 3.61. The number of ketones is 2. The Hall–Kier alpha value is -2.25. The Labute approximate surface area is 240 Å². The second-order valence-corrected chi connectivity index (χ2v) is 17.9. The summed E-state index contributed by atoms with van der Waals surface area (Å²) in [4.78, 5) is 26.1. The van der Waals surface area contributed by atoms with Gasteiger partial charge in [0.05, 0.1) is 20.0 Å². The van der Waals surface area contributed by atoms with Crippen LogP contribution in [0.15, 0.2) is 27.7 Å². The van der Waals surface area contributed by atoms with Crippen LogP contribution in [0.4, 0.5) is 0 Å². The van der Waals surface area contributed by atoms with Crippen molar-refractivity contribution in [2.24, 2.45) is 43.3 Å². The molecule has 6 nitrogen and oxygen atoms in total. The molecule has 0 aromatic heterocycles. The molecule has 216 valence electrons. The van der Waals surface area contributed by atoms with E-state index in [1.54, 1.807) is 13.2 Å². The van der Waals surface area contributed by atoms with Crippen LogP contribution in [0.1, 0.15) is 106 Å².